The molecule has 0 bridgehead atoms. The highest BCUT2D eigenvalue weighted by molar-refractivity contribution is 6.30. The molecule has 2 aromatic heterocycles. The maximum absolute atomic E-state index is 13.2. The summed E-state index contributed by atoms with van der Waals surface area (Å²) in [7, 11) is 0. The van der Waals surface area contributed by atoms with E-state index in [1.165, 1.54) is 12.1 Å². The molecule has 4 aromatic rings. The fourth-order valence-electron chi connectivity index (χ4n) is 2.66. The van der Waals surface area contributed by atoms with Crippen LogP contribution >= 0.6 is 11.6 Å². The molecule has 0 atom stereocenters. The molecule has 2 aromatic carbocycles. The zero-order valence-corrected chi connectivity index (χ0v) is 14.1. The SMILES string of the molecule is O=c1[nH]c(Nc2ccc(Cl)cc2)nc2nccc(-c3ccc(F)cc3)c12. The molecule has 0 aliphatic heterocycles. The number of aromatic amines is 1. The van der Waals surface area contributed by atoms with Gasteiger partial charge >= 0.3 is 0 Å². The van der Waals surface area contributed by atoms with E-state index >= 15 is 0 Å². The molecule has 26 heavy (non-hydrogen) atoms. The summed E-state index contributed by atoms with van der Waals surface area (Å²) in [6.07, 6.45) is 1.57. The minimum atomic E-state index is -0.339. The lowest BCUT2D eigenvalue weighted by Crippen LogP contribution is -2.13. The molecule has 0 fully saturated rings. The molecule has 5 nitrogen and oxygen atoms in total. The van der Waals surface area contributed by atoms with Crippen LogP contribution in [0.25, 0.3) is 22.2 Å². The number of H-pyrrole nitrogens is 1. The smallest absolute Gasteiger partial charge is 0.262 e. The van der Waals surface area contributed by atoms with E-state index in [0.717, 1.165) is 5.69 Å². The molecule has 4 rings (SSSR count). The average molecular weight is 367 g/mol. The van der Waals surface area contributed by atoms with E-state index < -0.39 is 0 Å². The normalized spacial score (nSPS) is 10.8. The van der Waals surface area contributed by atoms with Crippen molar-refractivity contribution < 1.29 is 4.39 Å². The van der Waals surface area contributed by atoms with Crippen molar-refractivity contribution in [2.75, 3.05) is 5.32 Å². The number of aromatic nitrogens is 3. The molecule has 128 valence electrons. The van der Waals surface area contributed by atoms with Crippen LogP contribution in [-0.2, 0) is 0 Å². The number of anilines is 2. The van der Waals surface area contributed by atoms with Gasteiger partial charge in [-0.05, 0) is 53.6 Å². The number of pyridine rings is 1. The molecule has 2 heterocycles. The lowest BCUT2D eigenvalue weighted by molar-refractivity contribution is 0.628. The third-order valence-electron chi connectivity index (χ3n) is 3.87. The Kier molecular flexibility index (Phi) is 4.10. The van der Waals surface area contributed by atoms with Crippen LogP contribution in [0.2, 0.25) is 5.02 Å². The second-order valence-electron chi connectivity index (χ2n) is 5.61. The topological polar surface area (TPSA) is 70.7 Å². The van der Waals surface area contributed by atoms with Crippen molar-refractivity contribution in [2.24, 2.45) is 0 Å². The van der Waals surface area contributed by atoms with E-state index in [2.05, 4.69) is 20.3 Å². The molecular formula is C19H12ClFN4O. The lowest BCUT2D eigenvalue weighted by Gasteiger charge is -2.08. The lowest BCUT2D eigenvalue weighted by atomic mass is 10.0. The number of hydrogen-bond acceptors (Lipinski definition) is 4. The van der Waals surface area contributed by atoms with E-state index in [1.54, 1.807) is 48.7 Å². The van der Waals surface area contributed by atoms with E-state index in [1.807, 2.05) is 0 Å². The van der Waals surface area contributed by atoms with Crippen LogP contribution in [0, 0.1) is 5.82 Å². The molecule has 0 aliphatic rings. The summed E-state index contributed by atoms with van der Waals surface area (Å²) < 4.78 is 13.2. The first kappa shape index (κ1) is 16.2. The van der Waals surface area contributed by atoms with Gasteiger partial charge in [-0.2, -0.15) is 4.98 Å². The van der Waals surface area contributed by atoms with E-state index in [0.29, 0.717) is 27.2 Å². The first-order valence-electron chi connectivity index (χ1n) is 7.78. The molecule has 0 spiro atoms. The van der Waals surface area contributed by atoms with Crippen LogP contribution in [0.3, 0.4) is 0 Å². The van der Waals surface area contributed by atoms with E-state index in [9.17, 15) is 9.18 Å². The molecule has 0 saturated carbocycles. The maximum Gasteiger partial charge on any atom is 0.262 e. The number of halogens is 2. The van der Waals surface area contributed by atoms with Crippen molar-refractivity contribution in [1.29, 1.82) is 0 Å². The Morgan fingerprint density at radius 3 is 2.46 bits per heavy atom. The molecule has 0 amide bonds. The monoisotopic (exact) mass is 366 g/mol. The van der Waals surface area contributed by atoms with Gasteiger partial charge in [0.2, 0.25) is 5.95 Å². The fourth-order valence-corrected chi connectivity index (χ4v) is 2.79. The highest BCUT2D eigenvalue weighted by atomic mass is 35.5. The number of fused-ring (bicyclic) bond motifs is 1. The summed E-state index contributed by atoms with van der Waals surface area (Å²) in [4.78, 5) is 23.9. The van der Waals surface area contributed by atoms with Crippen molar-refractivity contribution in [3.63, 3.8) is 0 Å². The number of nitrogens with one attached hydrogen (secondary N) is 2. The standard InChI is InChI=1S/C19H12ClFN4O/c20-12-3-7-14(8-4-12)23-19-24-17-16(18(26)25-19)15(9-10-22-17)11-1-5-13(21)6-2-11/h1-10H,(H2,22,23,24,25,26). The second kappa shape index (κ2) is 6.57. The van der Waals surface area contributed by atoms with Crippen LogP contribution in [0.4, 0.5) is 16.0 Å². The summed E-state index contributed by atoms with van der Waals surface area (Å²) in [5.74, 6) is -0.0674. The highest BCUT2D eigenvalue weighted by Crippen LogP contribution is 2.25. The van der Waals surface area contributed by atoms with Gasteiger partial charge in [0.05, 0.1) is 5.39 Å². The van der Waals surface area contributed by atoms with Crippen LogP contribution in [0.15, 0.2) is 65.6 Å². The quantitative estimate of drug-likeness (QED) is 0.559. The number of nitrogens with zero attached hydrogens (tertiary/aromatic N) is 2. The van der Waals surface area contributed by atoms with Crippen LogP contribution in [0.1, 0.15) is 0 Å². The van der Waals surface area contributed by atoms with Gasteiger partial charge < -0.3 is 5.32 Å². The Balaban J connectivity index is 1.80. The number of rotatable bonds is 3. The fraction of sp³-hybridized carbons (Fsp3) is 0. The van der Waals surface area contributed by atoms with Crippen LogP contribution in [0.5, 0.6) is 0 Å². The number of hydrogen-bond donors (Lipinski definition) is 2. The zero-order valence-electron chi connectivity index (χ0n) is 13.3. The summed E-state index contributed by atoms with van der Waals surface area (Å²) in [5, 5.41) is 3.98. The summed E-state index contributed by atoms with van der Waals surface area (Å²) in [6, 6.07) is 14.6. The number of benzene rings is 2. The minimum Gasteiger partial charge on any atom is -0.326 e. The van der Waals surface area contributed by atoms with Crippen molar-refractivity contribution in [3.8, 4) is 11.1 Å². The van der Waals surface area contributed by atoms with Crippen molar-refractivity contribution in [2.45, 2.75) is 0 Å². The van der Waals surface area contributed by atoms with Crippen molar-refractivity contribution in [1.82, 2.24) is 15.0 Å². The van der Waals surface area contributed by atoms with Gasteiger partial charge in [0.15, 0.2) is 5.65 Å². The van der Waals surface area contributed by atoms with E-state index in [-0.39, 0.29) is 17.3 Å². The van der Waals surface area contributed by atoms with Gasteiger partial charge in [-0.15, -0.1) is 0 Å². The first-order chi connectivity index (χ1) is 12.6. The van der Waals surface area contributed by atoms with Gasteiger partial charge in [-0.25, -0.2) is 9.37 Å². The summed E-state index contributed by atoms with van der Waals surface area (Å²) in [5.41, 5.74) is 2.05. The van der Waals surface area contributed by atoms with Gasteiger partial charge in [0.25, 0.3) is 5.56 Å². The second-order valence-corrected chi connectivity index (χ2v) is 6.05. The summed E-state index contributed by atoms with van der Waals surface area (Å²) in [6.45, 7) is 0. The average Bonchev–Trinajstić information content (AvgIpc) is 2.64. The largest absolute Gasteiger partial charge is 0.326 e. The third kappa shape index (κ3) is 3.14. The maximum atomic E-state index is 13.2. The van der Waals surface area contributed by atoms with Gasteiger partial charge in [-0.1, -0.05) is 23.7 Å². The molecule has 0 radical (unpaired) electrons. The van der Waals surface area contributed by atoms with Crippen molar-refractivity contribution in [3.05, 3.63) is 82.0 Å². The molecular weight excluding hydrogens is 355 g/mol. The predicted molar refractivity (Wildman–Crippen MR) is 100 cm³/mol. The van der Waals surface area contributed by atoms with Gasteiger partial charge in [0.1, 0.15) is 5.82 Å². The molecule has 0 unspecified atom stereocenters. The predicted octanol–water partition coefficient (Wildman–Crippen LogP) is 4.52. The zero-order chi connectivity index (χ0) is 18.1. The Morgan fingerprint density at radius 1 is 1.00 bits per heavy atom. The molecule has 0 saturated heterocycles. The van der Waals surface area contributed by atoms with Gasteiger partial charge in [0, 0.05) is 16.9 Å². The first-order valence-corrected chi connectivity index (χ1v) is 8.15. The van der Waals surface area contributed by atoms with E-state index in [4.69, 9.17) is 11.6 Å². The molecule has 0 aliphatic carbocycles. The van der Waals surface area contributed by atoms with Crippen molar-refractivity contribution >= 4 is 34.3 Å². The Bertz CT molecular complexity index is 1140. The Labute approximate surface area is 152 Å². The molecule has 2 N–H and O–H groups in total. The molecule has 7 heteroatoms. The van der Waals surface area contributed by atoms with Crippen LogP contribution in [-0.4, -0.2) is 15.0 Å². The Morgan fingerprint density at radius 2 is 1.73 bits per heavy atom. The van der Waals surface area contributed by atoms with Gasteiger partial charge in [-0.3, -0.25) is 9.78 Å². The summed E-state index contributed by atoms with van der Waals surface area (Å²) >= 11 is 5.87. The Hall–Kier alpha value is -3.25. The van der Waals surface area contributed by atoms with Crippen LogP contribution < -0.4 is 10.9 Å². The third-order valence-corrected chi connectivity index (χ3v) is 4.12. The minimum absolute atomic E-state index is 0.272. The highest BCUT2D eigenvalue weighted by Gasteiger charge is 2.11.